The summed E-state index contributed by atoms with van der Waals surface area (Å²) in [4.78, 5) is 12.1. The smallest absolute Gasteiger partial charge is 0.251 e. The molecule has 94 valence electrons. The summed E-state index contributed by atoms with van der Waals surface area (Å²) in [5.74, 6) is 0.112. The van der Waals surface area contributed by atoms with E-state index >= 15 is 0 Å². The average molecular weight is 235 g/mol. The molecule has 1 aromatic carbocycles. The van der Waals surface area contributed by atoms with Gasteiger partial charge in [-0.1, -0.05) is 13.8 Å². The second kappa shape index (κ2) is 5.21. The largest absolute Gasteiger partial charge is 0.508 e. The van der Waals surface area contributed by atoms with E-state index in [9.17, 15) is 9.90 Å². The number of phenolic OH excluding ortho intramolecular Hbond substituents is 1. The van der Waals surface area contributed by atoms with Crippen molar-refractivity contribution in [3.8, 4) is 5.75 Å². The lowest BCUT2D eigenvalue weighted by molar-refractivity contribution is 0.0900. The predicted octanol–water partition coefficient (Wildman–Crippen LogP) is 3.01. The van der Waals surface area contributed by atoms with Gasteiger partial charge in [-0.25, -0.2) is 0 Å². The molecule has 0 spiro atoms. The van der Waals surface area contributed by atoms with Crippen LogP contribution in [0.4, 0.5) is 0 Å². The fourth-order valence-electron chi connectivity index (χ4n) is 1.67. The van der Waals surface area contributed by atoms with Crippen molar-refractivity contribution in [3.05, 3.63) is 29.3 Å². The van der Waals surface area contributed by atoms with E-state index in [1.165, 1.54) is 6.07 Å². The second-order valence-electron chi connectivity index (χ2n) is 4.72. The minimum atomic E-state index is -0.165. The molecule has 0 aliphatic heterocycles. The molecule has 1 rings (SSSR count). The van der Waals surface area contributed by atoms with Gasteiger partial charge in [0.2, 0.25) is 0 Å². The number of rotatable bonds is 4. The first-order valence-corrected chi connectivity index (χ1v) is 6.04. The first-order valence-electron chi connectivity index (χ1n) is 6.04. The van der Waals surface area contributed by atoms with Crippen LogP contribution in [0.2, 0.25) is 0 Å². The summed E-state index contributed by atoms with van der Waals surface area (Å²) in [5, 5.41) is 12.4. The Balaban J connectivity index is 2.90. The molecule has 0 bridgehead atoms. The van der Waals surface area contributed by atoms with Gasteiger partial charge in [0.15, 0.2) is 0 Å². The van der Waals surface area contributed by atoms with E-state index in [2.05, 4.69) is 19.2 Å². The molecule has 3 heteroatoms. The van der Waals surface area contributed by atoms with Crippen LogP contribution in [0.3, 0.4) is 0 Å². The molecule has 0 heterocycles. The van der Waals surface area contributed by atoms with Crippen molar-refractivity contribution in [1.82, 2.24) is 5.32 Å². The molecule has 0 unspecified atom stereocenters. The zero-order valence-electron chi connectivity index (χ0n) is 11.0. The number of phenols is 1. The SMILES string of the molecule is CCC(C)(CC)NC(=O)c1ccc(O)cc1C. The van der Waals surface area contributed by atoms with Crippen molar-refractivity contribution < 1.29 is 9.90 Å². The van der Waals surface area contributed by atoms with Crippen LogP contribution in [0, 0.1) is 6.92 Å². The van der Waals surface area contributed by atoms with Crippen LogP contribution in [0.25, 0.3) is 0 Å². The Labute approximate surface area is 103 Å². The number of amides is 1. The van der Waals surface area contributed by atoms with Crippen molar-refractivity contribution in [1.29, 1.82) is 0 Å². The lowest BCUT2D eigenvalue weighted by Crippen LogP contribution is -2.45. The van der Waals surface area contributed by atoms with Crippen molar-refractivity contribution in [2.45, 2.75) is 46.1 Å². The van der Waals surface area contributed by atoms with Gasteiger partial charge in [-0.05, 0) is 50.5 Å². The Bertz CT molecular complexity index is 409. The first kappa shape index (κ1) is 13.6. The van der Waals surface area contributed by atoms with Crippen molar-refractivity contribution in [3.63, 3.8) is 0 Å². The summed E-state index contributed by atoms with van der Waals surface area (Å²) in [7, 11) is 0. The number of hydrogen-bond acceptors (Lipinski definition) is 2. The van der Waals surface area contributed by atoms with Crippen molar-refractivity contribution in [2.75, 3.05) is 0 Å². The lowest BCUT2D eigenvalue weighted by atomic mass is 9.94. The van der Waals surface area contributed by atoms with E-state index in [1.807, 2.05) is 13.8 Å². The molecular formula is C14H21NO2. The van der Waals surface area contributed by atoms with E-state index < -0.39 is 0 Å². The molecule has 0 saturated carbocycles. The zero-order chi connectivity index (χ0) is 13.1. The first-order chi connectivity index (χ1) is 7.91. The molecule has 0 atom stereocenters. The quantitative estimate of drug-likeness (QED) is 0.842. The number of carbonyl (C=O) groups excluding carboxylic acids is 1. The van der Waals surface area contributed by atoms with Gasteiger partial charge in [-0.15, -0.1) is 0 Å². The van der Waals surface area contributed by atoms with E-state index in [0.717, 1.165) is 18.4 Å². The van der Waals surface area contributed by atoms with Gasteiger partial charge in [0.05, 0.1) is 0 Å². The van der Waals surface area contributed by atoms with Gasteiger partial charge in [0.1, 0.15) is 5.75 Å². The summed E-state index contributed by atoms with van der Waals surface area (Å²) in [6, 6.07) is 4.80. The average Bonchev–Trinajstić information content (AvgIpc) is 2.28. The molecular weight excluding hydrogens is 214 g/mol. The predicted molar refractivity (Wildman–Crippen MR) is 69.3 cm³/mol. The fourth-order valence-corrected chi connectivity index (χ4v) is 1.67. The van der Waals surface area contributed by atoms with Gasteiger partial charge in [0, 0.05) is 11.1 Å². The lowest BCUT2D eigenvalue weighted by Gasteiger charge is -2.28. The van der Waals surface area contributed by atoms with Gasteiger partial charge in [0.25, 0.3) is 5.91 Å². The molecule has 2 N–H and O–H groups in total. The molecule has 0 aromatic heterocycles. The van der Waals surface area contributed by atoms with E-state index in [-0.39, 0.29) is 17.2 Å². The van der Waals surface area contributed by atoms with E-state index in [0.29, 0.717) is 5.56 Å². The van der Waals surface area contributed by atoms with Crippen LogP contribution in [0.15, 0.2) is 18.2 Å². The van der Waals surface area contributed by atoms with Gasteiger partial charge in [-0.3, -0.25) is 4.79 Å². The van der Waals surface area contributed by atoms with Crippen LogP contribution in [0.1, 0.15) is 49.5 Å². The highest BCUT2D eigenvalue weighted by molar-refractivity contribution is 5.96. The molecule has 1 amide bonds. The number of hydrogen-bond donors (Lipinski definition) is 2. The maximum atomic E-state index is 12.1. The monoisotopic (exact) mass is 235 g/mol. The van der Waals surface area contributed by atoms with Crippen LogP contribution < -0.4 is 5.32 Å². The third-order valence-electron chi connectivity index (χ3n) is 3.43. The Kier molecular flexibility index (Phi) is 4.16. The van der Waals surface area contributed by atoms with Crippen molar-refractivity contribution in [2.24, 2.45) is 0 Å². The molecule has 3 nitrogen and oxygen atoms in total. The summed E-state index contributed by atoms with van der Waals surface area (Å²) in [6.07, 6.45) is 1.79. The molecule has 1 aromatic rings. The Morgan fingerprint density at radius 3 is 2.41 bits per heavy atom. The minimum absolute atomic E-state index is 0.0753. The summed E-state index contributed by atoms with van der Waals surface area (Å²) in [5.41, 5.74) is 1.24. The highest BCUT2D eigenvalue weighted by Gasteiger charge is 2.23. The fraction of sp³-hybridized carbons (Fsp3) is 0.500. The number of benzene rings is 1. The topological polar surface area (TPSA) is 49.3 Å². The summed E-state index contributed by atoms with van der Waals surface area (Å²) in [6.45, 7) is 7.99. The second-order valence-corrected chi connectivity index (χ2v) is 4.72. The number of aromatic hydroxyl groups is 1. The number of nitrogens with one attached hydrogen (secondary N) is 1. The highest BCUT2D eigenvalue weighted by atomic mass is 16.3. The number of aryl methyl sites for hydroxylation is 1. The van der Waals surface area contributed by atoms with Crippen LogP contribution >= 0.6 is 0 Å². The maximum Gasteiger partial charge on any atom is 0.251 e. The maximum absolute atomic E-state index is 12.1. The van der Waals surface area contributed by atoms with Gasteiger partial charge >= 0.3 is 0 Å². The highest BCUT2D eigenvalue weighted by Crippen LogP contribution is 2.18. The zero-order valence-corrected chi connectivity index (χ0v) is 11.0. The van der Waals surface area contributed by atoms with Gasteiger partial charge < -0.3 is 10.4 Å². The molecule has 0 aliphatic carbocycles. The van der Waals surface area contributed by atoms with Crippen LogP contribution in [0.5, 0.6) is 5.75 Å². The standard InChI is InChI=1S/C14H21NO2/c1-5-14(4,6-2)15-13(17)12-8-7-11(16)9-10(12)3/h7-9,16H,5-6H2,1-4H3,(H,15,17). The molecule has 0 radical (unpaired) electrons. The summed E-state index contributed by atoms with van der Waals surface area (Å²) >= 11 is 0. The Morgan fingerprint density at radius 1 is 1.35 bits per heavy atom. The third-order valence-corrected chi connectivity index (χ3v) is 3.43. The van der Waals surface area contributed by atoms with Gasteiger partial charge in [-0.2, -0.15) is 0 Å². The summed E-state index contributed by atoms with van der Waals surface area (Å²) < 4.78 is 0. The Morgan fingerprint density at radius 2 is 1.94 bits per heavy atom. The van der Waals surface area contributed by atoms with E-state index in [1.54, 1.807) is 12.1 Å². The van der Waals surface area contributed by atoms with Crippen LogP contribution in [-0.4, -0.2) is 16.6 Å². The molecule has 0 saturated heterocycles. The van der Waals surface area contributed by atoms with Crippen LogP contribution in [-0.2, 0) is 0 Å². The van der Waals surface area contributed by atoms with Crippen molar-refractivity contribution >= 4 is 5.91 Å². The third kappa shape index (κ3) is 3.22. The number of carbonyl (C=O) groups is 1. The van der Waals surface area contributed by atoms with E-state index in [4.69, 9.17) is 0 Å². The normalized spacial score (nSPS) is 11.3. The Hall–Kier alpha value is -1.51. The molecule has 0 aliphatic rings. The minimum Gasteiger partial charge on any atom is -0.508 e. The molecule has 0 fully saturated rings. The molecule has 17 heavy (non-hydrogen) atoms.